The van der Waals surface area contributed by atoms with Crippen LogP contribution in [0.3, 0.4) is 0 Å². The third-order valence-electron chi connectivity index (χ3n) is 3.93. The number of halogens is 1. The molecule has 1 aromatic rings. The number of rotatable bonds is 7. The van der Waals surface area contributed by atoms with Crippen LogP contribution in [0.25, 0.3) is 0 Å². The van der Waals surface area contributed by atoms with Crippen LogP contribution in [-0.4, -0.2) is 13.2 Å². The molecule has 2 atom stereocenters. The van der Waals surface area contributed by atoms with Gasteiger partial charge in [-0.05, 0) is 55.8 Å². The molecule has 19 heavy (non-hydrogen) atoms. The van der Waals surface area contributed by atoms with E-state index in [0.29, 0.717) is 18.6 Å². The van der Waals surface area contributed by atoms with Gasteiger partial charge >= 0.3 is 0 Å². The SMILES string of the molecule is CCNC(c1ccc(OCC)cc1Br)C(C)C1CC1. The first-order valence-corrected chi connectivity index (χ1v) is 8.12. The maximum atomic E-state index is 5.55. The van der Waals surface area contributed by atoms with Gasteiger partial charge < -0.3 is 10.1 Å². The summed E-state index contributed by atoms with van der Waals surface area (Å²) in [5.41, 5.74) is 1.35. The van der Waals surface area contributed by atoms with Gasteiger partial charge in [-0.2, -0.15) is 0 Å². The Labute approximate surface area is 125 Å². The van der Waals surface area contributed by atoms with Gasteiger partial charge in [-0.25, -0.2) is 0 Å². The van der Waals surface area contributed by atoms with Crippen LogP contribution in [0.15, 0.2) is 22.7 Å². The van der Waals surface area contributed by atoms with Crippen LogP contribution in [0.5, 0.6) is 5.75 Å². The molecule has 2 nitrogen and oxygen atoms in total. The van der Waals surface area contributed by atoms with Gasteiger partial charge in [-0.15, -0.1) is 0 Å². The van der Waals surface area contributed by atoms with Crippen molar-refractivity contribution in [3.63, 3.8) is 0 Å². The maximum Gasteiger partial charge on any atom is 0.120 e. The molecular weight excluding hydrogens is 302 g/mol. The Morgan fingerprint density at radius 2 is 2.11 bits per heavy atom. The van der Waals surface area contributed by atoms with E-state index < -0.39 is 0 Å². The Morgan fingerprint density at radius 1 is 1.37 bits per heavy atom. The van der Waals surface area contributed by atoms with Crippen molar-refractivity contribution in [1.82, 2.24) is 5.32 Å². The highest BCUT2D eigenvalue weighted by Gasteiger charge is 2.34. The van der Waals surface area contributed by atoms with Crippen LogP contribution in [0.1, 0.15) is 45.2 Å². The Hall–Kier alpha value is -0.540. The smallest absolute Gasteiger partial charge is 0.120 e. The second kappa shape index (κ2) is 6.76. The number of ether oxygens (including phenoxy) is 1. The van der Waals surface area contributed by atoms with Crippen LogP contribution in [0, 0.1) is 11.8 Å². The standard InChI is InChI=1S/C16H24BrNO/c1-4-18-16(11(3)12-6-7-12)14-9-8-13(19-5-2)10-15(14)17/h8-12,16,18H,4-7H2,1-3H3. The lowest BCUT2D eigenvalue weighted by atomic mass is 9.90. The second-order valence-electron chi connectivity index (χ2n) is 5.35. The highest BCUT2D eigenvalue weighted by atomic mass is 79.9. The molecule has 0 aromatic heterocycles. The second-order valence-corrected chi connectivity index (χ2v) is 6.20. The fourth-order valence-electron chi connectivity index (χ4n) is 2.71. The van der Waals surface area contributed by atoms with Crippen molar-refractivity contribution in [3.8, 4) is 5.75 Å². The van der Waals surface area contributed by atoms with Crippen LogP contribution in [0.4, 0.5) is 0 Å². The zero-order valence-corrected chi connectivity index (χ0v) is 13.7. The summed E-state index contributed by atoms with van der Waals surface area (Å²) in [6, 6.07) is 6.79. The molecule has 0 bridgehead atoms. The number of benzene rings is 1. The van der Waals surface area contributed by atoms with E-state index in [1.165, 1.54) is 18.4 Å². The molecule has 106 valence electrons. The summed E-state index contributed by atoms with van der Waals surface area (Å²) < 4.78 is 6.70. The van der Waals surface area contributed by atoms with E-state index in [9.17, 15) is 0 Å². The van der Waals surface area contributed by atoms with E-state index in [-0.39, 0.29) is 0 Å². The lowest BCUT2D eigenvalue weighted by Gasteiger charge is -2.26. The maximum absolute atomic E-state index is 5.55. The fraction of sp³-hybridized carbons (Fsp3) is 0.625. The molecule has 0 heterocycles. The zero-order valence-electron chi connectivity index (χ0n) is 12.1. The minimum absolute atomic E-state index is 0.433. The zero-order chi connectivity index (χ0) is 13.8. The molecule has 1 N–H and O–H groups in total. The van der Waals surface area contributed by atoms with Crippen molar-refractivity contribution in [2.75, 3.05) is 13.2 Å². The summed E-state index contributed by atoms with van der Waals surface area (Å²) in [5.74, 6) is 2.52. The first-order chi connectivity index (χ1) is 9.17. The van der Waals surface area contributed by atoms with Gasteiger partial charge in [0.25, 0.3) is 0 Å². The first kappa shape index (κ1) is 14.9. The topological polar surface area (TPSA) is 21.3 Å². The van der Waals surface area contributed by atoms with E-state index >= 15 is 0 Å². The number of nitrogens with one attached hydrogen (secondary N) is 1. The van der Waals surface area contributed by atoms with Crippen molar-refractivity contribution in [3.05, 3.63) is 28.2 Å². The minimum atomic E-state index is 0.433. The summed E-state index contributed by atoms with van der Waals surface area (Å²) in [5, 5.41) is 3.64. The molecule has 3 heteroatoms. The largest absolute Gasteiger partial charge is 0.494 e. The Balaban J connectivity index is 2.20. The summed E-state index contributed by atoms with van der Waals surface area (Å²) in [4.78, 5) is 0. The molecular formula is C16H24BrNO. The highest BCUT2D eigenvalue weighted by Crippen LogP contribution is 2.44. The fourth-order valence-corrected chi connectivity index (χ4v) is 3.31. The molecule has 1 saturated carbocycles. The lowest BCUT2D eigenvalue weighted by molar-refractivity contribution is 0.337. The molecule has 2 unspecified atom stereocenters. The third kappa shape index (κ3) is 3.73. The van der Waals surface area contributed by atoms with Crippen LogP contribution in [0.2, 0.25) is 0 Å². The third-order valence-corrected chi connectivity index (χ3v) is 4.62. The molecule has 2 rings (SSSR count). The van der Waals surface area contributed by atoms with Crippen molar-refractivity contribution >= 4 is 15.9 Å². The average Bonchev–Trinajstić information content (AvgIpc) is 3.21. The van der Waals surface area contributed by atoms with Gasteiger partial charge in [0, 0.05) is 10.5 Å². The lowest BCUT2D eigenvalue weighted by Crippen LogP contribution is -2.28. The van der Waals surface area contributed by atoms with Gasteiger partial charge in [0.05, 0.1) is 6.61 Å². The van der Waals surface area contributed by atoms with E-state index in [4.69, 9.17) is 4.74 Å². The predicted octanol–water partition coefficient (Wildman–Crippen LogP) is 4.54. The molecule has 0 saturated heterocycles. The average molecular weight is 326 g/mol. The van der Waals surface area contributed by atoms with Gasteiger partial charge in [-0.1, -0.05) is 35.8 Å². The summed E-state index contributed by atoms with van der Waals surface area (Å²) in [6.45, 7) is 8.27. The van der Waals surface area contributed by atoms with Crippen molar-refractivity contribution in [2.45, 2.75) is 39.7 Å². The molecule has 1 fully saturated rings. The molecule has 0 spiro atoms. The summed E-state index contributed by atoms with van der Waals surface area (Å²) >= 11 is 3.71. The first-order valence-electron chi connectivity index (χ1n) is 7.33. The van der Waals surface area contributed by atoms with Crippen LogP contribution >= 0.6 is 15.9 Å². The van der Waals surface area contributed by atoms with E-state index in [1.54, 1.807) is 0 Å². The highest BCUT2D eigenvalue weighted by molar-refractivity contribution is 9.10. The van der Waals surface area contributed by atoms with Gasteiger partial charge in [-0.3, -0.25) is 0 Å². The van der Waals surface area contributed by atoms with E-state index in [0.717, 1.165) is 22.7 Å². The molecule has 0 aliphatic heterocycles. The Morgan fingerprint density at radius 3 is 2.63 bits per heavy atom. The van der Waals surface area contributed by atoms with Gasteiger partial charge in [0.1, 0.15) is 5.75 Å². The van der Waals surface area contributed by atoms with Crippen LogP contribution in [-0.2, 0) is 0 Å². The monoisotopic (exact) mass is 325 g/mol. The van der Waals surface area contributed by atoms with E-state index in [2.05, 4.69) is 53.3 Å². The quantitative estimate of drug-likeness (QED) is 0.794. The van der Waals surface area contributed by atoms with Crippen molar-refractivity contribution in [2.24, 2.45) is 11.8 Å². The molecule has 1 aliphatic rings. The van der Waals surface area contributed by atoms with E-state index in [1.807, 2.05) is 6.92 Å². The molecule has 1 aliphatic carbocycles. The molecule has 1 aromatic carbocycles. The predicted molar refractivity (Wildman–Crippen MR) is 83.6 cm³/mol. The summed E-state index contributed by atoms with van der Waals surface area (Å²) in [7, 11) is 0. The number of hydrogen-bond donors (Lipinski definition) is 1. The number of hydrogen-bond acceptors (Lipinski definition) is 2. The molecule has 0 amide bonds. The van der Waals surface area contributed by atoms with Crippen LogP contribution < -0.4 is 10.1 Å². The van der Waals surface area contributed by atoms with Crippen molar-refractivity contribution in [1.29, 1.82) is 0 Å². The van der Waals surface area contributed by atoms with Gasteiger partial charge in [0.15, 0.2) is 0 Å². The van der Waals surface area contributed by atoms with Crippen molar-refractivity contribution < 1.29 is 4.74 Å². The van der Waals surface area contributed by atoms with Gasteiger partial charge in [0.2, 0.25) is 0 Å². The Bertz CT molecular complexity index is 417. The Kier molecular flexibility index (Phi) is 5.28. The summed E-state index contributed by atoms with van der Waals surface area (Å²) in [6.07, 6.45) is 2.77. The minimum Gasteiger partial charge on any atom is -0.494 e. The normalized spacial score (nSPS) is 18.1. The molecule has 0 radical (unpaired) electrons.